The fourth-order valence-electron chi connectivity index (χ4n) is 4.80. The summed E-state index contributed by atoms with van der Waals surface area (Å²) in [6.45, 7) is 5.22. The van der Waals surface area contributed by atoms with E-state index in [2.05, 4.69) is 12.2 Å². The van der Waals surface area contributed by atoms with Crippen LogP contribution in [0, 0.1) is 11.7 Å². The Balaban J connectivity index is 1.28. The van der Waals surface area contributed by atoms with E-state index in [4.69, 9.17) is 14.2 Å². The summed E-state index contributed by atoms with van der Waals surface area (Å²) in [5.74, 6) is 1.10. The molecule has 3 rings (SSSR count). The van der Waals surface area contributed by atoms with E-state index < -0.39 is 0 Å². The summed E-state index contributed by atoms with van der Waals surface area (Å²) >= 11 is 0. The van der Waals surface area contributed by atoms with Crippen LogP contribution in [0.4, 0.5) is 4.39 Å². The van der Waals surface area contributed by atoms with E-state index in [1.165, 1.54) is 31.7 Å². The fraction of sp³-hybridized carbons (Fsp3) is 0.731. The number of unbranched alkanes of at least 4 members (excludes halogenated alkanes) is 1. The first kappa shape index (κ1) is 25.0. The number of rotatable bonds is 12. The van der Waals surface area contributed by atoms with Crippen molar-refractivity contribution in [3.05, 3.63) is 29.6 Å². The largest absolute Gasteiger partial charge is 0.491 e. The van der Waals surface area contributed by atoms with Gasteiger partial charge in [-0.15, -0.1) is 0 Å². The number of carbonyl (C=O) groups is 1. The van der Waals surface area contributed by atoms with Gasteiger partial charge in [0.25, 0.3) is 0 Å². The van der Waals surface area contributed by atoms with Crippen LogP contribution < -0.4 is 10.1 Å². The number of nitrogens with one attached hydrogen (secondary N) is 1. The molecule has 2 fully saturated rings. The maximum Gasteiger partial charge on any atom is 0.217 e. The van der Waals surface area contributed by atoms with Gasteiger partial charge >= 0.3 is 0 Å². The molecule has 180 valence electrons. The molecule has 5 nitrogen and oxygen atoms in total. The van der Waals surface area contributed by atoms with Crippen LogP contribution in [0.2, 0.25) is 0 Å². The van der Waals surface area contributed by atoms with Crippen LogP contribution in [0.3, 0.4) is 0 Å². The predicted molar refractivity (Wildman–Crippen MR) is 123 cm³/mol. The Bertz CT molecular complexity index is 699. The minimum Gasteiger partial charge on any atom is -0.491 e. The lowest BCUT2D eigenvalue weighted by atomic mass is 9.84. The van der Waals surface area contributed by atoms with E-state index in [9.17, 15) is 9.18 Å². The lowest BCUT2D eigenvalue weighted by molar-refractivity contribution is -0.119. The molecule has 1 N–H and O–H groups in total. The Kier molecular flexibility index (Phi) is 10.3. The first-order chi connectivity index (χ1) is 15.5. The summed E-state index contributed by atoms with van der Waals surface area (Å²) in [7, 11) is 0. The predicted octanol–water partition coefficient (Wildman–Crippen LogP) is 5.54. The van der Waals surface area contributed by atoms with Gasteiger partial charge in [0.1, 0.15) is 18.2 Å². The number of benzene rings is 1. The summed E-state index contributed by atoms with van der Waals surface area (Å²) in [6, 6.07) is 5.31. The van der Waals surface area contributed by atoms with Gasteiger partial charge in [0.05, 0.1) is 18.8 Å². The molecular formula is C26H40FNO4. The molecule has 0 bridgehead atoms. The van der Waals surface area contributed by atoms with Crippen molar-refractivity contribution in [2.24, 2.45) is 5.92 Å². The Morgan fingerprint density at radius 1 is 1.22 bits per heavy atom. The summed E-state index contributed by atoms with van der Waals surface area (Å²) in [5, 5.41) is 2.94. The van der Waals surface area contributed by atoms with Gasteiger partial charge in [-0.25, -0.2) is 4.39 Å². The average molecular weight is 450 g/mol. The zero-order chi connectivity index (χ0) is 22.8. The van der Waals surface area contributed by atoms with Crippen LogP contribution in [0.5, 0.6) is 5.75 Å². The maximum absolute atomic E-state index is 14.5. The van der Waals surface area contributed by atoms with Crippen LogP contribution in [0.25, 0.3) is 0 Å². The summed E-state index contributed by atoms with van der Waals surface area (Å²) in [4.78, 5) is 11.1. The highest BCUT2D eigenvalue weighted by Crippen LogP contribution is 2.31. The van der Waals surface area contributed by atoms with Crippen molar-refractivity contribution in [1.82, 2.24) is 5.32 Å². The molecule has 0 aromatic heterocycles. The molecule has 6 heteroatoms. The smallest absolute Gasteiger partial charge is 0.217 e. The summed E-state index contributed by atoms with van der Waals surface area (Å²) in [6.07, 6.45) is 11.6. The Morgan fingerprint density at radius 3 is 2.72 bits per heavy atom. The van der Waals surface area contributed by atoms with E-state index in [1.807, 2.05) is 6.07 Å². The highest BCUT2D eigenvalue weighted by atomic mass is 19.1. The van der Waals surface area contributed by atoms with Gasteiger partial charge < -0.3 is 19.5 Å². The third kappa shape index (κ3) is 8.70. The Hall–Kier alpha value is -1.66. The van der Waals surface area contributed by atoms with E-state index in [-0.39, 0.29) is 30.0 Å². The summed E-state index contributed by atoms with van der Waals surface area (Å²) in [5.41, 5.74) is 0.588. The van der Waals surface area contributed by atoms with E-state index in [0.717, 1.165) is 51.0 Å². The average Bonchev–Trinajstić information content (AvgIpc) is 3.29. The molecule has 0 radical (unpaired) electrons. The van der Waals surface area contributed by atoms with Crippen LogP contribution >= 0.6 is 0 Å². The first-order valence-corrected chi connectivity index (χ1v) is 12.4. The maximum atomic E-state index is 14.5. The van der Waals surface area contributed by atoms with Gasteiger partial charge in [-0.3, -0.25) is 4.79 Å². The minimum atomic E-state index is -0.267. The zero-order valence-electron chi connectivity index (χ0n) is 19.7. The van der Waals surface area contributed by atoms with Crippen molar-refractivity contribution in [1.29, 1.82) is 0 Å². The number of hydrogen-bond acceptors (Lipinski definition) is 4. The second-order valence-electron chi connectivity index (χ2n) is 9.54. The molecule has 1 heterocycles. The minimum absolute atomic E-state index is 0.0504. The highest BCUT2D eigenvalue weighted by Gasteiger charge is 2.22. The van der Waals surface area contributed by atoms with Gasteiger partial charge in [-0.2, -0.15) is 0 Å². The number of amides is 1. The normalized spacial score (nSPS) is 24.3. The van der Waals surface area contributed by atoms with Crippen molar-refractivity contribution < 1.29 is 23.4 Å². The third-order valence-corrected chi connectivity index (χ3v) is 6.70. The van der Waals surface area contributed by atoms with Gasteiger partial charge in [-0.1, -0.05) is 25.3 Å². The van der Waals surface area contributed by atoms with Crippen molar-refractivity contribution >= 4 is 5.91 Å². The van der Waals surface area contributed by atoms with Crippen LogP contribution in [0.15, 0.2) is 18.2 Å². The van der Waals surface area contributed by atoms with Crippen LogP contribution in [-0.2, 0) is 20.9 Å². The van der Waals surface area contributed by atoms with E-state index in [0.29, 0.717) is 24.5 Å². The standard InChI is InChI=1S/C26H40FNO4/c1-19(28-20(2)29)6-3-4-7-21-9-12-23(13-10-21)31-17-22-11-14-24(16-26(22)27)32-18-25-8-5-15-30-25/h11,14,16,19,21,23,25H,3-10,12-13,15,17-18H2,1-2H3,(H,28,29)/t19-,21?,23?,25-/m0/s1. The Labute approximate surface area is 192 Å². The molecule has 1 saturated heterocycles. The van der Waals surface area contributed by atoms with Crippen LogP contribution in [-0.4, -0.2) is 37.4 Å². The molecule has 0 unspecified atom stereocenters. The Morgan fingerprint density at radius 2 is 2.03 bits per heavy atom. The van der Waals surface area contributed by atoms with Crippen molar-refractivity contribution in [3.63, 3.8) is 0 Å². The van der Waals surface area contributed by atoms with Crippen molar-refractivity contribution in [2.75, 3.05) is 13.2 Å². The van der Waals surface area contributed by atoms with Gasteiger partial charge in [0.15, 0.2) is 0 Å². The number of ether oxygens (including phenoxy) is 3. The van der Waals surface area contributed by atoms with E-state index in [1.54, 1.807) is 13.0 Å². The summed E-state index contributed by atoms with van der Waals surface area (Å²) < 4.78 is 31.7. The zero-order valence-corrected chi connectivity index (χ0v) is 19.7. The van der Waals surface area contributed by atoms with Gasteiger partial charge in [0, 0.05) is 31.2 Å². The highest BCUT2D eigenvalue weighted by molar-refractivity contribution is 5.73. The molecule has 1 amide bonds. The molecule has 1 aliphatic carbocycles. The number of hydrogen-bond donors (Lipinski definition) is 1. The monoisotopic (exact) mass is 449 g/mol. The molecule has 1 aliphatic heterocycles. The van der Waals surface area contributed by atoms with Gasteiger partial charge in [0.2, 0.25) is 5.91 Å². The van der Waals surface area contributed by atoms with Gasteiger partial charge in [-0.05, 0) is 63.9 Å². The molecule has 2 aliphatic rings. The molecule has 1 aromatic carbocycles. The molecule has 1 saturated carbocycles. The molecule has 0 spiro atoms. The fourth-order valence-corrected chi connectivity index (χ4v) is 4.80. The first-order valence-electron chi connectivity index (χ1n) is 12.4. The molecular weight excluding hydrogens is 409 g/mol. The van der Waals surface area contributed by atoms with Crippen LogP contribution in [0.1, 0.15) is 83.6 Å². The lowest BCUT2D eigenvalue weighted by Crippen LogP contribution is -2.30. The van der Waals surface area contributed by atoms with E-state index >= 15 is 0 Å². The topological polar surface area (TPSA) is 56.8 Å². The molecule has 1 aromatic rings. The van der Waals surface area contributed by atoms with Crippen molar-refractivity contribution in [3.8, 4) is 5.75 Å². The SMILES string of the molecule is CC(=O)N[C@@H](C)CCCCC1CCC(OCc2ccc(OC[C@@H]3CCCO3)cc2F)CC1. The second kappa shape index (κ2) is 13.1. The second-order valence-corrected chi connectivity index (χ2v) is 9.54. The molecule has 2 atom stereocenters. The molecule has 32 heavy (non-hydrogen) atoms. The number of halogens is 1. The lowest BCUT2D eigenvalue weighted by Gasteiger charge is -2.28. The quantitative estimate of drug-likeness (QED) is 0.426. The number of carbonyl (C=O) groups excluding carboxylic acids is 1. The van der Waals surface area contributed by atoms with Crippen molar-refractivity contribution in [2.45, 2.75) is 103 Å². The third-order valence-electron chi connectivity index (χ3n) is 6.70.